The zero-order valence-electron chi connectivity index (χ0n) is 17.1. The molecule has 0 aliphatic carbocycles. The van der Waals surface area contributed by atoms with Crippen LogP contribution in [0.5, 0.6) is 0 Å². The summed E-state index contributed by atoms with van der Waals surface area (Å²) in [6.07, 6.45) is 1.75. The molecule has 0 bridgehead atoms. The van der Waals surface area contributed by atoms with E-state index in [9.17, 15) is 4.79 Å². The van der Waals surface area contributed by atoms with Crippen LogP contribution in [-0.2, 0) is 4.74 Å². The number of fused-ring (bicyclic) bond motifs is 1. The minimum atomic E-state index is -0.140. The van der Waals surface area contributed by atoms with Crippen LogP contribution in [0.25, 0.3) is 22.0 Å². The van der Waals surface area contributed by atoms with Gasteiger partial charge in [0.1, 0.15) is 0 Å². The van der Waals surface area contributed by atoms with Crippen LogP contribution in [0.15, 0.2) is 85.1 Å². The number of hydrogen-bond donors (Lipinski definition) is 1. The third-order valence-electron chi connectivity index (χ3n) is 5.59. The molecule has 1 aliphatic heterocycles. The van der Waals surface area contributed by atoms with Crippen LogP contribution in [0.2, 0.25) is 0 Å². The van der Waals surface area contributed by atoms with E-state index in [1.807, 2.05) is 78.9 Å². The first kappa shape index (κ1) is 19.3. The first-order chi connectivity index (χ1) is 15.3. The summed E-state index contributed by atoms with van der Waals surface area (Å²) in [6.45, 7) is 2.83. The van der Waals surface area contributed by atoms with Crippen LogP contribution in [0.1, 0.15) is 10.4 Å². The van der Waals surface area contributed by atoms with Gasteiger partial charge < -0.3 is 15.0 Å². The summed E-state index contributed by atoms with van der Waals surface area (Å²) in [5.74, 6) is -0.140. The summed E-state index contributed by atoms with van der Waals surface area (Å²) in [5.41, 5.74) is 5.01. The summed E-state index contributed by atoms with van der Waals surface area (Å²) >= 11 is 0. The predicted octanol–water partition coefficient (Wildman–Crippen LogP) is 4.99. The Morgan fingerprint density at radius 1 is 0.871 bits per heavy atom. The first-order valence-electron chi connectivity index (χ1n) is 10.5. The lowest BCUT2D eigenvalue weighted by Gasteiger charge is -2.31. The maximum atomic E-state index is 13.7. The molecule has 31 heavy (non-hydrogen) atoms. The van der Waals surface area contributed by atoms with Crippen molar-refractivity contribution in [3.63, 3.8) is 0 Å². The van der Waals surface area contributed by atoms with Crippen LogP contribution in [0.4, 0.5) is 11.4 Å². The topological polar surface area (TPSA) is 54.5 Å². The molecule has 1 amide bonds. The van der Waals surface area contributed by atoms with E-state index in [1.165, 1.54) is 0 Å². The van der Waals surface area contributed by atoms with Crippen molar-refractivity contribution < 1.29 is 9.53 Å². The van der Waals surface area contributed by atoms with E-state index in [0.717, 1.165) is 40.8 Å². The number of carbonyl (C=O) groups excluding carboxylic acids is 1. The molecule has 0 unspecified atom stereocenters. The SMILES string of the molecule is O=C(Nc1cccc2cccnc12)c1c(-c2ccccc2)cccc1N1CCOCC1. The van der Waals surface area contributed by atoms with Gasteiger partial charge in [-0.25, -0.2) is 0 Å². The van der Waals surface area contributed by atoms with Crippen molar-refractivity contribution >= 4 is 28.2 Å². The Hall–Kier alpha value is -3.70. The molecule has 5 nitrogen and oxygen atoms in total. The normalized spacial score (nSPS) is 13.9. The number of ether oxygens (including phenoxy) is 1. The van der Waals surface area contributed by atoms with E-state index in [4.69, 9.17) is 4.74 Å². The van der Waals surface area contributed by atoms with Crippen LogP contribution in [0.3, 0.4) is 0 Å². The molecule has 1 aromatic heterocycles. The second-order valence-electron chi connectivity index (χ2n) is 7.50. The fraction of sp³-hybridized carbons (Fsp3) is 0.154. The van der Waals surface area contributed by atoms with Gasteiger partial charge in [0.05, 0.1) is 35.7 Å². The van der Waals surface area contributed by atoms with Gasteiger partial charge in [0.2, 0.25) is 0 Å². The molecule has 154 valence electrons. The number of carbonyl (C=O) groups is 1. The Morgan fingerprint density at radius 2 is 1.65 bits per heavy atom. The van der Waals surface area contributed by atoms with Crippen LogP contribution in [-0.4, -0.2) is 37.2 Å². The first-order valence-corrected chi connectivity index (χ1v) is 10.5. The van der Waals surface area contributed by atoms with Crippen molar-refractivity contribution in [3.05, 3.63) is 90.6 Å². The van der Waals surface area contributed by atoms with Crippen molar-refractivity contribution in [1.29, 1.82) is 0 Å². The van der Waals surface area contributed by atoms with Gasteiger partial charge in [-0.3, -0.25) is 9.78 Å². The summed E-state index contributed by atoms with van der Waals surface area (Å²) < 4.78 is 5.53. The number of aromatic nitrogens is 1. The molecule has 0 atom stereocenters. The molecule has 2 heterocycles. The Bertz CT molecular complexity index is 1210. The molecule has 1 saturated heterocycles. The number of rotatable bonds is 4. The smallest absolute Gasteiger partial charge is 0.258 e. The summed E-state index contributed by atoms with van der Waals surface area (Å²) in [7, 11) is 0. The monoisotopic (exact) mass is 409 g/mol. The van der Waals surface area contributed by atoms with E-state index in [1.54, 1.807) is 6.20 Å². The van der Waals surface area contributed by atoms with E-state index in [-0.39, 0.29) is 5.91 Å². The number of pyridine rings is 1. The molecule has 1 fully saturated rings. The van der Waals surface area contributed by atoms with Gasteiger partial charge in [0, 0.05) is 24.7 Å². The number of anilines is 2. The van der Waals surface area contributed by atoms with Gasteiger partial charge in [-0.2, -0.15) is 0 Å². The van der Waals surface area contributed by atoms with Crippen molar-refractivity contribution in [3.8, 4) is 11.1 Å². The number of nitrogens with one attached hydrogen (secondary N) is 1. The van der Waals surface area contributed by atoms with Gasteiger partial charge in [0.25, 0.3) is 5.91 Å². The summed E-state index contributed by atoms with van der Waals surface area (Å²) in [4.78, 5) is 20.4. The van der Waals surface area contributed by atoms with Crippen LogP contribution >= 0.6 is 0 Å². The zero-order valence-corrected chi connectivity index (χ0v) is 17.1. The number of para-hydroxylation sites is 1. The molecule has 5 heteroatoms. The largest absolute Gasteiger partial charge is 0.378 e. The third kappa shape index (κ3) is 3.88. The number of morpholine rings is 1. The van der Waals surface area contributed by atoms with Gasteiger partial charge in [-0.15, -0.1) is 0 Å². The molecule has 1 N–H and O–H groups in total. The van der Waals surface area contributed by atoms with Crippen LogP contribution < -0.4 is 10.2 Å². The van der Waals surface area contributed by atoms with E-state index in [0.29, 0.717) is 24.5 Å². The third-order valence-corrected chi connectivity index (χ3v) is 5.59. The standard InChI is InChI=1S/C26H23N3O2/c30-26(28-22-12-4-9-20-10-6-14-27-25(20)22)24-21(19-7-2-1-3-8-19)11-5-13-23(24)29-15-17-31-18-16-29/h1-14H,15-18H2,(H,28,30). The Balaban J connectivity index is 1.61. The predicted molar refractivity (Wildman–Crippen MR) is 125 cm³/mol. The summed E-state index contributed by atoms with van der Waals surface area (Å²) in [5, 5.41) is 4.12. The Morgan fingerprint density at radius 3 is 2.48 bits per heavy atom. The minimum Gasteiger partial charge on any atom is -0.378 e. The minimum absolute atomic E-state index is 0.140. The lowest BCUT2D eigenvalue weighted by atomic mass is 9.96. The molecular formula is C26H23N3O2. The molecule has 5 rings (SSSR count). The molecule has 4 aromatic rings. The highest BCUT2D eigenvalue weighted by atomic mass is 16.5. The van der Waals surface area contributed by atoms with E-state index < -0.39 is 0 Å². The highest BCUT2D eigenvalue weighted by Gasteiger charge is 2.23. The van der Waals surface area contributed by atoms with Gasteiger partial charge in [-0.1, -0.05) is 60.7 Å². The second-order valence-corrected chi connectivity index (χ2v) is 7.50. The molecular weight excluding hydrogens is 386 g/mol. The average Bonchev–Trinajstić information content (AvgIpc) is 2.85. The van der Waals surface area contributed by atoms with Crippen molar-refractivity contribution in [1.82, 2.24) is 4.98 Å². The van der Waals surface area contributed by atoms with Gasteiger partial charge in [-0.05, 0) is 29.3 Å². The molecule has 0 spiro atoms. The van der Waals surface area contributed by atoms with Gasteiger partial charge >= 0.3 is 0 Å². The summed E-state index contributed by atoms with van der Waals surface area (Å²) in [6, 6.07) is 25.8. The fourth-order valence-corrected chi connectivity index (χ4v) is 4.09. The number of nitrogens with zero attached hydrogens (tertiary/aromatic N) is 2. The van der Waals surface area contributed by atoms with E-state index >= 15 is 0 Å². The van der Waals surface area contributed by atoms with Gasteiger partial charge in [0.15, 0.2) is 0 Å². The maximum absolute atomic E-state index is 13.7. The van der Waals surface area contributed by atoms with E-state index in [2.05, 4.69) is 15.2 Å². The molecule has 0 saturated carbocycles. The molecule has 0 radical (unpaired) electrons. The highest BCUT2D eigenvalue weighted by molar-refractivity contribution is 6.14. The number of benzene rings is 3. The average molecular weight is 409 g/mol. The fourth-order valence-electron chi connectivity index (χ4n) is 4.09. The highest BCUT2D eigenvalue weighted by Crippen LogP contribution is 2.33. The zero-order chi connectivity index (χ0) is 21.0. The Labute approximate surface area is 181 Å². The van der Waals surface area contributed by atoms with Crippen molar-refractivity contribution in [2.45, 2.75) is 0 Å². The lowest BCUT2D eigenvalue weighted by Crippen LogP contribution is -2.37. The Kier molecular flexibility index (Phi) is 5.33. The second kappa shape index (κ2) is 8.58. The van der Waals surface area contributed by atoms with Crippen molar-refractivity contribution in [2.75, 3.05) is 36.5 Å². The molecule has 1 aliphatic rings. The van der Waals surface area contributed by atoms with Crippen LogP contribution in [0, 0.1) is 0 Å². The molecule has 3 aromatic carbocycles. The maximum Gasteiger partial charge on any atom is 0.258 e. The quantitative estimate of drug-likeness (QED) is 0.516. The number of hydrogen-bond acceptors (Lipinski definition) is 4. The lowest BCUT2D eigenvalue weighted by molar-refractivity contribution is 0.102. The van der Waals surface area contributed by atoms with Crippen molar-refractivity contribution in [2.24, 2.45) is 0 Å². The number of amides is 1.